The Morgan fingerprint density at radius 1 is 1.30 bits per heavy atom. The maximum atomic E-state index is 12.0. The Balaban J connectivity index is 2.22. The van der Waals surface area contributed by atoms with Gasteiger partial charge in [-0.15, -0.1) is 0 Å². The Kier molecular flexibility index (Phi) is 4.65. The summed E-state index contributed by atoms with van der Waals surface area (Å²) in [6.45, 7) is 1.80. The fraction of sp³-hybridized carbons (Fsp3) is 0.562. The van der Waals surface area contributed by atoms with Crippen molar-refractivity contribution in [1.82, 2.24) is 5.32 Å². The number of hydrogen-bond donors (Lipinski definition) is 3. The molecule has 1 aromatic rings. The Labute approximate surface area is 120 Å². The fourth-order valence-electron chi connectivity index (χ4n) is 2.95. The summed E-state index contributed by atoms with van der Waals surface area (Å²) in [5.41, 5.74) is 5.41. The SMILES string of the molecule is CC(NC1CCCCCC1)(C(N)=O)c1cccc(O)c1. The molecule has 0 radical (unpaired) electrons. The first-order valence-electron chi connectivity index (χ1n) is 7.39. The number of nitrogens with one attached hydrogen (secondary N) is 1. The number of rotatable bonds is 4. The van der Waals surface area contributed by atoms with Crippen LogP contribution in [0, 0.1) is 0 Å². The maximum absolute atomic E-state index is 12.0. The van der Waals surface area contributed by atoms with Crippen LogP contribution in [0.5, 0.6) is 5.75 Å². The molecule has 1 aromatic carbocycles. The van der Waals surface area contributed by atoms with E-state index >= 15 is 0 Å². The first kappa shape index (κ1) is 14.9. The van der Waals surface area contributed by atoms with E-state index in [4.69, 9.17) is 5.73 Å². The average Bonchev–Trinajstić information content (AvgIpc) is 2.67. The Morgan fingerprint density at radius 3 is 2.50 bits per heavy atom. The molecule has 4 heteroatoms. The van der Waals surface area contributed by atoms with E-state index in [2.05, 4.69) is 5.32 Å². The lowest BCUT2D eigenvalue weighted by Gasteiger charge is -2.33. The lowest BCUT2D eigenvalue weighted by molar-refractivity contribution is -0.124. The fourth-order valence-corrected chi connectivity index (χ4v) is 2.95. The maximum Gasteiger partial charge on any atom is 0.242 e. The molecule has 1 atom stereocenters. The third-order valence-electron chi connectivity index (χ3n) is 4.26. The molecular weight excluding hydrogens is 252 g/mol. The van der Waals surface area contributed by atoms with Gasteiger partial charge in [-0.05, 0) is 37.5 Å². The van der Waals surface area contributed by atoms with Gasteiger partial charge in [0.05, 0.1) is 0 Å². The van der Waals surface area contributed by atoms with Crippen molar-refractivity contribution in [3.05, 3.63) is 29.8 Å². The van der Waals surface area contributed by atoms with E-state index in [0.29, 0.717) is 11.6 Å². The molecule has 110 valence electrons. The second kappa shape index (κ2) is 6.27. The summed E-state index contributed by atoms with van der Waals surface area (Å²) in [5.74, 6) is -0.259. The Morgan fingerprint density at radius 2 is 1.95 bits per heavy atom. The zero-order valence-corrected chi connectivity index (χ0v) is 12.1. The van der Waals surface area contributed by atoms with Crippen LogP contribution < -0.4 is 11.1 Å². The summed E-state index contributed by atoms with van der Waals surface area (Å²) < 4.78 is 0. The molecule has 4 nitrogen and oxygen atoms in total. The standard InChI is InChI=1S/C16H24N2O2/c1-16(15(17)20,12-7-6-10-14(19)11-12)18-13-8-4-2-3-5-9-13/h6-7,10-11,13,18-19H,2-5,8-9H2,1H3,(H2,17,20). The van der Waals surface area contributed by atoms with Crippen LogP contribution in [0.1, 0.15) is 51.0 Å². The Hall–Kier alpha value is -1.55. The number of amides is 1. The van der Waals surface area contributed by atoms with Crippen molar-refractivity contribution < 1.29 is 9.90 Å². The largest absolute Gasteiger partial charge is 0.508 e. The van der Waals surface area contributed by atoms with E-state index in [0.717, 1.165) is 12.8 Å². The van der Waals surface area contributed by atoms with Crippen LogP contribution in [0.4, 0.5) is 0 Å². The van der Waals surface area contributed by atoms with Crippen molar-refractivity contribution >= 4 is 5.91 Å². The molecule has 0 spiro atoms. The number of aromatic hydroxyl groups is 1. The van der Waals surface area contributed by atoms with Gasteiger partial charge >= 0.3 is 0 Å². The Bertz CT molecular complexity index is 467. The number of nitrogens with two attached hydrogens (primary N) is 1. The van der Waals surface area contributed by atoms with E-state index in [1.807, 2.05) is 6.07 Å². The molecule has 4 N–H and O–H groups in total. The molecule has 1 amide bonds. The van der Waals surface area contributed by atoms with Crippen LogP contribution >= 0.6 is 0 Å². The summed E-state index contributed by atoms with van der Waals surface area (Å²) in [7, 11) is 0. The first-order chi connectivity index (χ1) is 9.52. The number of carbonyl (C=O) groups excluding carboxylic acids is 1. The molecule has 1 saturated carbocycles. The summed E-state index contributed by atoms with van der Waals surface area (Å²) in [6.07, 6.45) is 7.04. The topological polar surface area (TPSA) is 75.3 Å². The van der Waals surface area contributed by atoms with Crippen LogP contribution in [0.2, 0.25) is 0 Å². The molecule has 0 aromatic heterocycles. The van der Waals surface area contributed by atoms with Gasteiger partial charge < -0.3 is 10.8 Å². The predicted octanol–water partition coefficient (Wildman–Crippen LogP) is 2.41. The monoisotopic (exact) mass is 276 g/mol. The van der Waals surface area contributed by atoms with Gasteiger partial charge in [-0.2, -0.15) is 0 Å². The van der Waals surface area contributed by atoms with Crippen molar-refractivity contribution in [2.24, 2.45) is 5.73 Å². The van der Waals surface area contributed by atoms with E-state index in [-0.39, 0.29) is 5.75 Å². The summed E-state index contributed by atoms with van der Waals surface area (Å²) in [6, 6.07) is 7.07. The molecule has 0 aliphatic heterocycles. The van der Waals surface area contributed by atoms with Crippen LogP contribution in [0.3, 0.4) is 0 Å². The van der Waals surface area contributed by atoms with Crippen molar-refractivity contribution in [3.63, 3.8) is 0 Å². The molecule has 20 heavy (non-hydrogen) atoms. The summed E-state index contributed by atoms with van der Waals surface area (Å²) >= 11 is 0. The molecule has 0 bridgehead atoms. The third-order valence-corrected chi connectivity index (χ3v) is 4.26. The molecule has 2 rings (SSSR count). The van der Waals surface area contributed by atoms with Crippen molar-refractivity contribution in [1.29, 1.82) is 0 Å². The minimum absolute atomic E-state index is 0.151. The van der Waals surface area contributed by atoms with Gasteiger partial charge in [0.1, 0.15) is 11.3 Å². The van der Waals surface area contributed by atoms with Crippen molar-refractivity contribution in [3.8, 4) is 5.75 Å². The molecule has 1 aliphatic rings. The van der Waals surface area contributed by atoms with Gasteiger partial charge in [-0.1, -0.05) is 37.8 Å². The number of phenolic OH excluding ortho intramolecular Hbond substituents is 1. The van der Waals surface area contributed by atoms with Crippen LogP contribution in [0.25, 0.3) is 0 Å². The minimum Gasteiger partial charge on any atom is -0.508 e. The number of primary amides is 1. The van der Waals surface area contributed by atoms with E-state index in [1.54, 1.807) is 25.1 Å². The van der Waals surface area contributed by atoms with E-state index < -0.39 is 11.4 Å². The number of benzene rings is 1. The highest BCUT2D eigenvalue weighted by molar-refractivity contribution is 5.85. The number of hydrogen-bond acceptors (Lipinski definition) is 3. The average molecular weight is 276 g/mol. The highest BCUT2D eigenvalue weighted by Gasteiger charge is 2.35. The predicted molar refractivity (Wildman–Crippen MR) is 79.3 cm³/mol. The molecule has 1 unspecified atom stereocenters. The van der Waals surface area contributed by atoms with Crippen molar-refractivity contribution in [2.45, 2.75) is 57.0 Å². The third kappa shape index (κ3) is 3.31. The van der Waals surface area contributed by atoms with E-state index in [1.165, 1.54) is 25.7 Å². The van der Waals surface area contributed by atoms with Crippen LogP contribution in [-0.4, -0.2) is 17.1 Å². The van der Waals surface area contributed by atoms with Gasteiger partial charge in [-0.25, -0.2) is 0 Å². The zero-order chi connectivity index (χ0) is 14.6. The van der Waals surface area contributed by atoms with Gasteiger partial charge in [0.25, 0.3) is 0 Å². The molecule has 0 saturated heterocycles. The zero-order valence-electron chi connectivity index (χ0n) is 12.1. The second-order valence-corrected chi connectivity index (χ2v) is 5.87. The first-order valence-corrected chi connectivity index (χ1v) is 7.39. The van der Waals surface area contributed by atoms with E-state index in [9.17, 15) is 9.90 Å². The van der Waals surface area contributed by atoms with Gasteiger partial charge in [-0.3, -0.25) is 10.1 Å². The molecule has 1 fully saturated rings. The molecular formula is C16H24N2O2. The highest BCUT2D eigenvalue weighted by Crippen LogP contribution is 2.27. The normalized spacial score (nSPS) is 20.1. The van der Waals surface area contributed by atoms with Gasteiger partial charge in [0, 0.05) is 6.04 Å². The minimum atomic E-state index is -0.937. The number of phenols is 1. The molecule has 1 aliphatic carbocycles. The quantitative estimate of drug-likeness (QED) is 0.739. The van der Waals surface area contributed by atoms with Gasteiger partial charge in [0.2, 0.25) is 5.91 Å². The number of carbonyl (C=O) groups is 1. The summed E-state index contributed by atoms with van der Waals surface area (Å²) in [5, 5.41) is 13.1. The molecule has 0 heterocycles. The summed E-state index contributed by atoms with van der Waals surface area (Å²) in [4.78, 5) is 12.0. The highest BCUT2D eigenvalue weighted by atomic mass is 16.3. The van der Waals surface area contributed by atoms with Crippen molar-refractivity contribution in [2.75, 3.05) is 0 Å². The second-order valence-electron chi connectivity index (χ2n) is 5.87. The lowest BCUT2D eigenvalue weighted by Crippen LogP contribution is -2.54. The smallest absolute Gasteiger partial charge is 0.242 e. The lowest BCUT2D eigenvalue weighted by atomic mass is 9.89. The van der Waals surface area contributed by atoms with Gasteiger partial charge in [0.15, 0.2) is 0 Å². The van der Waals surface area contributed by atoms with Crippen LogP contribution in [0.15, 0.2) is 24.3 Å². The van der Waals surface area contributed by atoms with Crippen LogP contribution in [-0.2, 0) is 10.3 Å².